The number of benzene rings is 1. The number of hydrogen-bond acceptors (Lipinski definition) is 6. The molecule has 0 atom stereocenters. The second-order valence-electron chi connectivity index (χ2n) is 9.83. The summed E-state index contributed by atoms with van der Waals surface area (Å²) in [6.07, 6.45) is 3.58. The number of rotatable bonds is 5. The third kappa shape index (κ3) is 4.14. The molecule has 0 spiro atoms. The maximum atomic E-state index is 15.3. The molecule has 1 amide bonds. The Kier molecular flexibility index (Phi) is 6.29. The van der Waals surface area contributed by atoms with E-state index in [2.05, 4.69) is 15.2 Å². The first-order valence-corrected chi connectivity index (χ1v) is 13.0. The van der Waals surface area contributed by atoms with Gasteiger partial charge < -0.3 is 24.4 Å². The highest BCUT2D eigenvalue weighted by Gasteiger charge is 2.26. The van der Waals surface area contributed by atoms with Crippen LogP contribution in [-0.4, -0.2) is 77.2 Å². The average Bonchev–Trinajstić information content (AvgIpc) is 3.22. The van der Waals surface area contributed by atoms with Crippen molar-refractivity contribution >= 4 is 39.4 Å². The molecule has 9 nitrogen and oxygen atoms in total. The Morgan fingerprint density at radius 3 is 2.57 bits per heavy atom. The van der Waals surface area contributed by atoms with Crippen molar-refractivity contribution in [3.05, 3.63) is 51.9 Å². The number of amides is 1. The fraction of sp³-hybridized carbons (Fsp3) is 0.444. The zero-order chi connectivity index (χ0) is 25.5. The lowest BCUT2D eigenvalue weighted by Gasteiger charge is -2.28. The van der Waals surface area contributed by atoms with Crippen molar-refractivity contribution in [3.8, 4) is 0 Å². The third-order valence-corrected chi connectivity index (χ3v) is 7.56. The number of carbonyl (C=O) groups excluding carboxylic acids is 1. The topological polar surface area (TPSA) is 84.1 Å². The highest BCUT2D eigenvalue weighted by atomic mass is 19.1. The number of para-hydroxylation sites is 2. The van der Waals surface area contributed by atoms with Crippen LogP contribution in [0.25, 0.3) is 27.7 Å². The molecule has 0 bridgehead atoms. The monoisotopic (exact) mass is 506 g/mol. The average molecular weight is 507 g/mol. The molecule has 10 heteroatoms. The summed E-state index contributed by atoms with van der Waals surface area (Å²) in [7, 11) is 1.83. The Bertz CT molecular complexity index is 1550. The molecule has 2 saturated heterocycles. The molecule has 0 unspecified atom stereocenters. The number of hydrogen-bond donors (Lipinski definition) is 1. The first-order chi connectivity index (χ1) is 18.0. The first-order valence-electron chi connectivity index (χ1n) is 13.0. The van der Waals surface area contributed by atoms with Gasteiger partial charge in [-0.3, -0.25) is 14.0 Å². The molecule has 2 fully saturated rings. The fourth-order valence-corrected chi connectivity index (χ4v) is 5.65. The maximum Gasteiger partial charge on any atom is 0.259 e. The third-order valence-electron chi connectivity index (χ3n) is 7.56. The van der Waals surface area contributed by atoms with E-state index in [1.807, 2.05) is 45.2 Å². The summed E-state index contributed by atoms with van der Waals surface area (Å²) in [6.45, 7) is 5.23. The Balaban J connectivity index is 1.50. The van der Waals surface area contributed by atoms with Gasteiger partial charge in [0, 0.05) is 33.2 Å². The van der Waals surface area contributed by atoms with Crippen molar-refractivity contribution in [1.82, 2.24) is 24.2 Å². The number of piperidine rings is 1. The molecule has 4 aromatic rings. The first kappa shape index (κ1) is 23.9. The zero-order valence-electron chi connectivity index (χ0n) is 21.0. The number of anilines is 1. The van der Waals surface area contributed by atoms with Crippen LogP contribution in [-0.2, 0) is 11.8 Å². The number of aryl methyl sites for hydroxylation is 1. The van der Waals surface area contributed by atoms with Crippen molar-refractivity contribution < 1.29 is 13.9 Å². The number of ether oxygens (including phenoxy) is 1. The number of fused-ring (bicyclic) bond motifs is 5. The van der Waals surface area contributed by atoms with Gasteiger partial charge in [-0.1, -0.05) is 18.6 Å². The van der Waals surface area contributed by atoms with Crippen LogP contribution >= 0.6 is 0 Å². The van der Waals surface area contributed by atoms with Gasteiger partial charge in [-0.15, -0.1) is 0 Å². The van der Waals surface area contributed by atoms with Crippen LogP contribution in [0.3, 0.4) is 0 Å². The van der Waals surface area contributed by atoms with Crippen LogP contribution in [0.5, 0.6) is 0 Å². The second kappa shape index (κ2) is 9.75. The Morgan fingerprint density at radius 1 is 1.08 bits per heavy atom. The number of pyridine rings is 2. The van der Waals surface area contributed by atoms with E-state index < -0.39 is 17.2 Å². The largest absolute Gasteiger partial charge is 0.378 e. The van der Waals surface area contributed by atoms with Gasteiger partial charge in [-0.2, -0.15) is 0 Å². The van der Waals surface area contributed by atoms with Gasteiger partial charge in [0.05, 0.1) is 29.6 Å². The molecule has 0 saturated carbocycles. The second-order valence-corrected chi connectivity index (χ2v) is 9.83. The van der Waals surface area contributed by atoms with Crippen LogP contribution in [0.2, 0.25) is 0 Å². The summed E-state index contributed by atoms with van der Waals surface area (Å²) in [4.78, 5) is 36.1. The predicted molar refractivity (Wildman–Crippen MR) is 141 cm³/mol. The standard InChI is InChI=1S/C27H31FN6O3/c1-31-20-7-3-4-8-21(20)34-24-18(17-19(28)25(30-24)33-13-15-37-16-14-33)23(35)22(27(31)34)26(36)29-9-12-32-10-5-2-6-11-32/h3-4,7-8,17H,2,5-6,9-16H2,1H3,(H,29,36). The number of carbonyl (C=O) groups is 1. The lowest BCUT2D eigenvalue weighted by molar-refractivity contribution is 0.0946. The van der Waals surface area contributed by atoms with Crippen LogP contribution < -0.4 is 15.6 Å². The van der Waals surface area contributed by atoms with Crippen LogP contribution in [0.1, 0.15) is 29.6 Å². The highest BCUT2D eigenvalue weighted by molar-refractivity contribution is 6.05. The molecule has 1 aromatic carbocycles. The summed E-state index contributed by atoms with van der Waals surface area (Å²) in [5, 5.41) is 3.04. The van der Waals surface area contributed by atoms with Crippen molar-refractivity contribution in [2.45, 2.75) is 19.3 Å². The van der Waals surface area contributed by atoms with E-state index in [4.69, 9.17) is 4.74 Å². The van der Waals surface area contributed by atoms with E-state index in [-0.39, 0.29) is 16.8 Å². The van der Waals surface area contributed by atoms with Crippen molar-refractivity contribution in [2.75, 3.05) is 57.4 Å². The maximum absolute atomic E-state index is 15.3. The number of morpholine rings is 1. The molecule has 6 rings (SSSR count). The minimum atomic E-state index is -0.580. The normalized spacial score (nSPS) is 17.2. The number of nitrogens with zero attached hydrogens (tertiary/aromatic N) is 5. The minimum Gasteiger partial charge on any atom is -0.378 e. The van der Waals surface area contributed by atoms with E-state index in [9.17, 15) is 9.59 Å². The van der Waals surface area contributed by atoms with Crippen molar-refractivity contribution in [3.63, 3.8) is 0 Å². The zero-order valence-corrected chi connectivity index (χ0v) is 21.0. The van der Waals surface area contributed by atoms with Gasteiger partial charge in [-0.25, -0.2) is 9.37 Å². The SMILES string of the molecule is Cn1c2ccccc2n2c3nc(N4CCOCC4)c(F)cc3c(=O)c(C(=O)NCCN3CCCCC3)c12. The molecule has 2 aliphatic rings. The highest BCUT2D eigenvalue weighted by Crippen LogP contribution is 2.28. The number of halogens is 1. The number of nitrogens with one attached hydrogen (secondary N) is 1. The molecular formula is C27H31FN6O3. The molecule has 0 aliphatic carbocycles. The minimum absolute atomic E-state index is 0.00478. The molecule has 2 aliphatic heterocycles. The molecule has 0 radical (unpaired) electrons. The van der Waals surface area contributed by atoms with E-state index in [1.54, 1.807) is 0 Å². The molecule has 194 valence electrons. The van der Waals surface area contributed by atoms with Gasteiger partial charge in [0.15, 0.2) is 17.3 Å². The van der Waals surface area contributed by atoms with E-state index in [0.717, 1.165) is 30.7 Å². The quantitative estimate of drug-likeness (QED) is 0.448. The van der Waals surface area contributed by atoms with E-state index >= 15 is 4.39 Å². The van der Waals surface area contributed by atoms with Gasteiger partial charge in [0.1, 0.15) is 11.2 Å². The summed E-state index contributed by atoms with van der Waals surface area (Å²) in [5.74, 6) is -0.844. The Hall–Kier alpha value is -3.50. The molecule has 3 aromatic heterocycles. The van der Waals surface area contributed by atoms with E-state index in [1.165, 1.54) is 25.3 Å². The van der Waals surface area contributed by atoms with Crippen LogP contribution in [0, 0.1) is 5.82 Å². The fourth-order valence-electron chi connectivity index (χ4n) is 5.65. The van der Waals surface area contributed by atoms with Crippen LogP contribution in [0.15, 0.2) is 35.1 Å². The number of aromatic nitrogens is 3. The van der Waals surface area contributed by atoms with Gasteiger partial charge in [0.2, 0.25) is 5.43 Å². The van der Waals surface area contributed by atoms with Gasteiger partial charge in [-0.05, 0) is 44.1 Å². The van der Waals surface area contributed by atoms with Gasteiger partial charge in [0.25, 0.3) is 5.91 Å². The number of imidazole rings is 1. The van der Waals surface area contributed by atoms with Crippen LogP contribution in [0.4, 0.5) is 10.2 Å². The molecule has 37 heavy (non-hydrogen) atoms. The summed E-state index contributed by atoms with van der Waals surface area (Å²) in [6, 6.07) is 8.89. The summed E-state index contributed by atoms with van der Waals surface area (Å²) < 4.78 is 24.4. The molecular weight excluding hydrogens is 475 g/mol. The lowest BCUT2D eigenvalue weighted by Crippen LogP contribution is -2.39. The van der Waals surface area contributed by atoms with Gasteiger partial charge >= 0.3 is 0 Å². The Labute approximate surface area is 213 Å². The van der Waals surface area contributed by atoms with E-state index in [0.29, 0.717) is 44.1 Å². The molecule has 5 heterocycles. The summed E-state index contributed by atoms with van der Waals surface area (Å²) >= 11 is 0. The van der Waals surface area contributed by atoms with Crippen molar-refractivity contribution in [1.29, 1.82) is 0 Å². The Morgan fingerprint density at radius 2 is 1.81 bits per heavy atom. The number of likely N-dealkylation sites (tertiary alicyclic amines) is 1. The summed E-state index contributed by atoms with van der Waals surface area (Å²) in [5.41, 5.74) is 1.91. The predicted octanol–water partition coefficient (Wildman–Crippen LogP) is 2.53. The molecule has 1 N–H and O–H groups in total. The lowest BCUT2D eigenvalue weighted by atomic mass is 10.1. The smallest absolute Gasteiger partial charge is 0.259 e. The van der Waals surface area contributed by atoms with Crippen molar-refractivity contribution in [2.24, 2.45) is 7.05 Å².